The zero-order chi connectivity index (χ0) is 14.1. The van der Waals surface area contributed by atoms with Crippen LogP contribution in [0.1, 0.15) is 39.2 Å². The summed E-state index contributed by atoms with van der Waals surface area (Å²) in [5, 5.41) is 12.5. The molecule has 0 fully saturated rings. The van der Waals surface area contributed by atoms with Gasteiger partial charge in [-0.3, -0.25) is 5.32 Å². The monoisotopic (exact) mass is 260 g/mol. The first-order valence-corrected chi connectivity index (χ1v) is 7.02. The number of hydrogen-bond acceptors (Lipinski definition) is 3. The summed E-state index contributed by atoms with van der Waals surface area (Å²) in [4.78, 5) is 0. The number of benzene rings is 1. The molecule has 0 aromatic heterocycles. The van der Waals surface area contributed by atoms with Crippen LogP contribution >= 0.6 is 0 Å². The lowest BCUT2D eigenvalue weighted by molar-refractivity contribution is 0.265. The van der Waals surface area contributed by atoms with Crippen molar-refractivity contribution in [2.45, 2.75) is 45.6 Å². The maximum Gasteiger partial charge on any atom is 0.122 e. The third kappa shape index (κ3) is 4.92. The zero-order valence-corrected chi connectivity index (χ0v) is 12.2. The maximum atomic E-state index is 9.24. The first kappa shape index (κ1) is 15.5. The number of aryl methyl sites for hydroxylation is 1. The highest BCUT2D eigenvalue weighted by molar-refractivity contribution is 5.33. The van der Waals surface area contributed by atoms with E-state index in [0.717, 1.165) is 25.1 Å². The normalized spacial score (nSPS) is 13.6. The average Bonchev–Trinajstić information content (AvgIpc) is 2.45. The molecule has 0 aliphatic rings. The highest BCUT2D eigenvalue weighted by Gasteiger charge is 2.22. The van der Waals surface area contributed by atoms with E-state index in [0.29, 0.717) is 13.0 Å². The lowest BCUT2D eigenvalue weighted by atomic mass is 10.0. The molecule has 0 bridgehead atoms. The molecule has 0 amide bonds. The van der Waals surface area contributed by atoms with Crippen LogP contribution in [0.4, 0.5) is 0 Å². The summed E-state index contributed by atoms with van der Waals surface area (Å²) in [5.74, 6) is 0.931. The predicted octanol–water partition coefficient (Wildman–Crippen LogP) is 3.30. The third-order valence-corrected chi connectivity index (χ3v) is 3.23. The van der Waals surface area contributed by atoms with Gasteiger partial charge in [0.15, 0.2) is 0 Å². The van der Waals surface area contributed by atoms with Crippen LogP contribution < -0.4 is 10.1 Å². The van der Waals surface area contributed by atoms with Crippen LogP contribution in [0.3, 0.4) is 0 Å². The van der Waals surface area contributed by atoms with E-state index < -0.39 is 5.54 Å². The summed E-state index contributed by atoms with van der Waals surface area (Å²) in [6, 6.07) is 10.4. The van der Waals surface area contributed by atoms with Crippen LogP contribution in [0.5, 0.6) is 5.75 Å². The Morgan fingerprint density at radius 2 is 2.05 bits per heavy atom. The number of para-hydroxylation sites is 1. The molecule has 1 atom stereocenters. The Bertz CT molecular complexity index is 425. The molecule has 19 heavy (non-hydrogen) atoms. The average molecular weight is 260 g/mol. The molecule has 3 heteroatoms. The second-order valence-corrected chi connectivity index (χ2v) is 4.93. The molecular weight excluding hydrogens is 236 g/mol. The molecular formula is C16H24N2O. The fourth-order valence-electron chi connectivity index (χ4n) is 1.89. The Morgan fingerprint density at radius 1 is 1.32 bits per heavy atom. The molecule has 0 spiro atoms. The van der Waals surface area contributed by atoms with Gasteiger partial charge in [0, 0.05) is 6.42 Å². The van der Waals surface area contributed by atoms with Gasteiger partial charge in [-0.25, -0.2) is 0 Å². The summed E-state index contributed by atoms with van der Waals surface area (Å²) < 4.78 is 5.81. The van der Waals surface area contributed by atoms with Crippen molar-refractivity contribution in [1.29, 1.82) is 5.26 Å². The second kappa shape index (κ2) is 7.81. The summed E-state index contributed by atoms with van der Waals surface area (Å²) in [5.41, 5.74) is 0.708. The van der Waals surface area contributed by atoms with Gasteiger partial charge in [0.2, 0.25) is 0 Å². The fourth-order valence-corrected chi connectivity index (χ4v) is 1.89. The van der Waals surface area contributed by atoms with Crippen molar-refractivity contribution in [2.24, 2.45) is 0 Å². The van der Waals surface area contributed by atoms with Crippen molar-refractivity contribution >= 4 is 0 Å². The van der Waals surface area contributed by atoms with Crippen molar-refractivity contribution in [3.05, 3.63) is 29.8 Å². The van der Waals surface area contributed by atoms with Crippen LogP contribution in [0.2, 0.25) is 0 Å². The highest BCUT2D eigenvalue weighted by Crippen LogP contribution is 2.19. The SMILES string of the molecule is CCCNC(C)(C#N)CCOc1ccccc1CC. The van der Waals surface area contributed by atoms with E-state index in [1.807, 2.05) is 25.1 Å². The van der Waals surface area contributed by atoms with Gasteiger partial charge >= 0.3 is 0 Å². The largest absolute Gasteiger partial charge is 0.493 e. The molecule has 1 rings (SSSR count). The highest BCUT2D eigenvalue weighted by atomic mass is 16.5. The summed E-state index contributed by atoms with van der Waals surface area (Å²) in [6.45, 7) is 7.55. The van der Waals surface area contributed by atoms with E-state index in [9.17, 15) is 5.26 Å². The lowest BCUT2D eigenvalue weighted by Gasteiger charge is -2.23. The molecule has 1 N–H and O–H groups in total. The molecule has 104 valence electrons. The molecule has 0 radical (unpaired) electrons. The number of nitrogens with one attached hydrogen (secondary N) is 1. The Labute approximate surface area is 116 Å². The third-order valence-electron chi connectivity index (χ3n) is 3.23. The Morgan fingerprint density at radius 3 is 2.68 bits per heavy atom. The number of hydrogen-bond donors (Lipinski definition) is 1. The van der Waals surface area contributed by atoms with E-state index in [4.69, 9.17) is 4.74 Å². The quantitative estimate of drug-likeness (QED) is 0.780. The summed E-state index contributed by atoms with van der Waals surface area (Å²) in [6.07, 6.45) is 2.66. The number of nitrogens with zero attached hydrogens (tertiary/aromatic N) is 1. The van der Waals surface area contributed by atoms with Crippen LogP contribution in [-0.2, 0) is 6.42 Å². The molecule has 0 saturated carbocycles. The van der Waals surface area contributed by atoms with Gasteiger partial charge in [0.25, 0.3) is 0 Å². The van der Waals surface area contributed by atoms with Crippen molar-refractivity contribution in [3.63, 3.8) is 0 Å². The van der Waals surface area contributed by atoms with Crippen LogP contribution in [0.25, 0.3) is 0 Å². The molecule has 0 aliphatic heterocycles. The van der Waals surface area contributed by atoms with Crippen molar-refractivity contribution in [3.8, 4) is 11.8 Å². The first-order chi connectivity index (χ1) is 9.15. The minimum atomic E-state index is -0.503. The van der Waals surface area contributed by atoms with E-state index >= 15 is 0 Å². The van der Waals surface area contributed by atoms with E-state index in [1.54, 1.807) is 0 Å². The van der Waals surface area contributed by atoms with Gasteiger partial charge in [0.05, 0.1) is 12.7 Å². The molecule has 1 aromatic rings. The smallest absolute Gasteiger partial charge is 0.122 e. The molecule has 0 saturated heterocycles. The fraction of sp³-hybridized carbons (Fsp3) is 0.562. The second-order valence-electron chi connectivity index (χ2n) is 4.93. The van der Waals surface area contributed by atoms with Gasteiger partial charge in [-0.2, -0.15) is 5.26 Å². The van der Waals surface area contributed by atoms with Crippen LogP contribution in [0, 0.1) is 11.3 Å². The molecule has 1 unspecified atom stereocenters. The maximum absolute atomic E-state index is 9.24. The topological polar surface area (TPSA) is 45.0 Å². The standard InChI is InChI=1S/C16H24N2O/c1-4-11-18-16(3,13-17)10-12-19-15-9-7-6-8-14(15)5-2/h6-9,18H,4-5,10-12H2,1-3H3. The van der Waals surface area contributed by atoms with Gasteiger partial charge in [0.1, 0.15) is 11.3 Å². The van der Waals surface area contributed by atoms with E-state index in [1.165, 1.54) is 5.56 Å². The first-order valence-electron chi connectivity index (χ1n) is 7.02. The molecule has 1 aromatic carbocycles. The molecule has 0 heterocycles. The van der Waals surface area contributed by atoms with Crippen LogP contribution in [0.15, 0.2) is 24.3 Å². The number of ether oxygens (including phenoxy) is 1. The van der Waals surface area contributed by atoms with Crippen molar-refractivity contribution < 1.29 is 4.74 Å². The zero-order valence-electron chi connectivity index (χ0n) is 12.2. The van der Waals surface area contributed by atoms with Gasteiger partial charge in [-0.05, 0) is 37.9 Å². The summed E-state index contributed by atoms with van der Waals surface area (Å²) >= 11 is 0. The summed E-state index contributed by atoms with van der Waals surface area (Å²) in [7, 11) is 0. The molecule has 0 aliphatic carbocycles. The van der Waals surface area contributed by atoms with E-state index in [2.05, 4.69) is 31.3 Å². The molecule has 3 nitrogen and oxygen atoms in total. The Balaban J connectivity index is 2.51. The number of rotatable bonds is 8. The van der Waals surface area contributed by atoms with Gasteiger partial charge < -0.3 is 4.74 Å². The minimum Gasteiger partial charge on any atom is -0.493 e. The van der Waals surface area contributed by atoms with Crippen molar-refractivity contribution in [1.82, 2.24) is 5.32 Å². The Kier molecular flexibility index (Phi) is 6.38. The van der Waals surface area contributed by atoms with Gasteiger partial charge in [-0.15, -0.1) is 0 Å². The van der Waals surface area contributed by atoms with Gasteiger partial charge in [-0.1, -0.05) is 32.0 Å². The Hall–Kier alpha value is -1.53. The van der Waals surface area contributed by atoms with Crippen LogP contribution in [-0.4, -0.2) is 18.7 Å². The number of nitriles is 1. The minimum absolute atomic E-state index is 0.503. The predicted molar refractivity (Wildman–Crippen MR) is 78.2 cm³/mol. The lowest BCUT2D eigenvalue weighted by Crippen LogP contribution is -2.42. The van der Waals surface area contributed by atoms with Crippen molar-refractivity contribution in [2.75, 3.05) is 13.2 Å². The van der Waals surface area contributed by atoms with E-state index in [-0.39, 0.29) is 0 Å².